The summed E-state index contributed by atoms with van der Waals surface area (Å²) in [4.78, 5) is 25.1. The third kappa shape index (κ3) is 2.30. The number of carbonyl (C=O) groups is 2. The predicted octanol–water partition coefficient (Wildman–Crippen LogP) is 3.36. The van der Waals surface area contributed by atoms with Crippen molar-refractivity contribution in [2.24, 2.45) is 16.2 Å². The number of aliphatic hydroxyl groups is 1. The van der Waals surface area contributed by atoms with Gasteiger partial charge in [-0.15, -0.1) is 0 Å². The fourth-order valence-electron chi connectivity index (χ4n) is 7.52. The van der Waals surface area contributed by atoms with Gasteiger partial charge in [0, 0.05) is 22.5 Å². The van der Waals surface area contributed by atoms with Crippen molar-refractivity contribution < 1.29 is 38.1 Å². The molecule has 6 rings (SSSR count). The molecule has 5 heterocycles. The molecule has 4 aliphatic heterocycles. The van der Waals surface area contributed by atoms with Crippen molar-refractivity contribution in [3.63, 3.8) is 0 Å². The van der Waals surface area contributed by atoms with E-state index in [4.69, 9.17) is 23.4 Å². The van der Waals surface area contributed by atoms with Crippen LogP contribution in [-0.2, 0) is 28.5 Å². The van der Waals surface area contributed by atoms with Crippen molar-refractivity contribution in [3.05, 3.63) is 48.5 Å². The van der Waals surface area contributed by atoms with Crippen LogP contribution in [0.25, 0.3) is 0 Å². The van der Waals surface area contributed by atoms with E-state index >= 15 is 0 Å². The van der Waals surface area contributed by atoms with E-state index in [0.29, 0.717) is 12.8 Å². The lowest BCUT2D eigenvalue weighted by Crippen LogP contribution is -2.62. The maximum Gasteiger partial charge on any atom is 0.339 e. The van der Waals surface area contributed by atoms with Crippen molar-refractivity contribution in [2.75, 3.05) is 0 Å². The summed E-state index contributed by atoms with van der Waals surface area (Å²) in [7, 11) is 0. The highest BCUT2D eigenvalue weighted by molar-refractivity contribution is 5.84. The van der Waals surface area contributed by atoms with E-state index in [2.05, 4.69) is 19.1 Å². The van der Waals surface area contributed by atoms with Crippen LogP contribution in [0.15, 0.2) is 47.3 Å². The van der Waals surface area contributed by atoms with E-state index in [-0.39, 0.29) is 0 Å². The lowest BCUT2D eigenvalue weighted by Gasteiger charge is -2.54. The molecule has 3 fully saturated rings. The van der Waals surface area contributed by atoms with Crippen LogP contribution < -0.4 is 0 Å². The number of furan rings is 1. The number of carbonyl (C=O) groups excluding carboxylic acids is 2. The molecule has 3 saturated heterocycles. The summed E-state index contributed by atoms with van der Waals surface area (Å²) in [6.45, 7) is 9.30. The minimum atomic E-state index is -1.62. The standard InChI is InChI=1S/C26H30O8/c1-21(2)25(11-7-17(27)33-21)13-16(32-24(25,5)29)22(3)9-6-10-23(4)18(15-8-12-30-14-15)31-20(28)19-26(22,23)34-19/h6-9,11-12,14,16,18-19,29H,10,13H2,1-5H3. The van der Waals surface area contributed by atoms with Crippen LogP contribution in [0.1, 0.15) is 59.1 Å². The molecule has 182 valence electrons. The third-order valence-corrected chi connectivity index (χ3v) is 9.45. The summed E-state index contributed by atoms with van der Waals surface area (Å²) >= 11 is 0. The van der Waals surface area contributed by atoms with Crippen LogP contribution >= 0.6 is 0 Å². The van der Waals surface area contributed by atoms with E-state index in [1.165, 1.54) is 6.08 Å². The normalized spacial score (nSPS) is 50.5. The summed E-state index contributed by atoms with van der Waals surface area (Å²) in [5.74, 6) is -2.48. The predicted molar refractivity (Wildman–Crippen MR) is 117 cm³/mol. The smallest absolute Gasteiger partial charge is 0.339 e. The molecule has 0 amide bonds. The van der Waals surface area contributed by atoms with Crippen molar-refractivity contribution in [2.45, 2.75) is 82.8 Å². The first-order valence-electron chi connectivity index (χ1n) is 11.7. The molecule has 8 atom stereocenters. The van der Waals surface area contributed by atoms with Crippen molar-refractivity contribution in [3.8, 4) is 0 Å². The zero-order valence-electron chi connectivity index (χ0n) is 20.0. The Morgan fingerprint density at radius 2 is 1.79 bits per heavy atom. The summed E-state index contributed by atoms with van der Waals surface area (Å²) in [6, 6.07) is 1.81. The van der Waals surface area contributed by atoms with Crippen molar-refractivity contribution >= 4 is 11.9 Å². The number of ether oxygens (including phenoxy) is 4. The van der Waals surface area contributed by atoms with Gasteiger partial charge in [0.25, 0.3) is 0 Å². The van der Waals surface area contributed by atoms with Crippen LogP contribution in [0.5, 0.6) is 0 Å². The van der Waals surface area contributed by atoms with Gasteiger partial charge in [0.1, 0.15) is 17.3 Å². The highest BCUT2D eigenvalue weighted by atomic mass is 16.7. The van der Waals surface area contributed by atoms with Gasteiger partial charge in [0.05, 0.1) is 24.0 Å². The molecule has 1 aromatic heterocycles. The monoisotopic (exact) mass is 470 g/mol. The number of rotatable bonds is 2. The Balaban J connectivity index is 1.46. The molecule has 2 spiro atoms. The maximum absolute atomic E-state index is 13.0. The number of allylic oxidation sites excluding steroid dienone is 1. The molecular formula is C26H30O8. The van der Waals surface area contributed by atoms with E-state index in [1.54, 1.807) is 39.4 Å². The summed E-state index contributed by atoms with van der Waals surface area (Å²) < 4.78 is 29.6. The summed E-state index contributed by atoms with van der Waals surface area (Å²) in [5.41, 5.74) is -3.47. The molecule has 1 N–H and O–H groups in total. The molecule has 1 aromatic rings. The fraction of sp³-hybridized carbons (Fsp3) is 0.615. The van der Waals surface area contributed by atoms with E-state index < -0.39 is 63.5 Å². The van der Waals surface area contributed by atoms with Gasteiger partial charge in [-0.3, -0.25) is 0 Å². The zero-order chi connectivity index (χ0) is 24.4. The first-order valence-corrected chi connectivity index (χ1v) is 11.7. The van der Waals surface area contributed by atoms with Crippen LogP contribution in [-0.4, -0.2) is 46.2 Å². The molecular weight excluding hydrogens is 440 g/mol. The number of esters is 2. The number of hydrogen-bond donors (Lipinski definition) is 1. The van der Waals surface area contributed by atoms with Gasteiger partial charge < -0.3 is 28.5 Å². The quantitative estimate of drug-likeness (QED) is 0.398. The van der Waals surface area contributed by atoms with Gasteiger partial charge in [-0.2, -0.15) is 0 Å². The Hall–Kier alpha value is -2.42. The molecule has 34 heavy (non-hydrogen) atoms. The average Bonchev–Trinajstić information content (AvgIpc) is 3.18. The minimum absolute atomic E-state index is 0.372. The molecule has 8 unspecified atom stereocenters. The van der Waals surface area contributed by atoms with E-state index in [1.807, 2.05) is 13.0 Å². The Morgan fingerprint density at radius 1 is 1.03 bits per heavy atom. The van der Waals surface area contributed by atoms with Crippen LogP contribution in [0.2, 0.25) is 0 Å². The van der Waals surface area contributed by atoms with E-state index in [9.17, 15) is 14.7 Å². The summed E-state index contributed by atoms with van der Waals surface area (Å²) in [5, 5.41) is 11.6. The molecule has 5 aliphatic rings. The topological polar surface area (TPSA) is 108 Å². The number of cyclic esters (lactones) is 2. The van der Waals surface area contributed by atoms with Gasteiger partial charge >= 0.3 is 11.9 Å². The van der Waals surface area contributed by atoms with Gasteiger partial charge in [-0.25, -0.2) is 9.59 Å². The first-order chi connectivity index (χ1) is 15.8. The Morgan fingerprint density at radius 3 is 2.47 bits per heavy atom. The molecule has 8 nitrogen and oxygen atoms in total. The lowest BCUT2D eigenvalue weighted by molar-refractivity contribution is -0.266. The van der Waals surface area contributed by atoms with Crippen LogP contribution in [0.4, 0.5) is 0 Å². The van der Waals surface area contributed by atoms with Crippen molar-refractivity contribution in [1.82, 2.24) is 0 Å². The van der Waals surface area contributed by atoms with E-state index in [0.717, 1.165) is 5.56 Å². The van der Waals surface area contributed by atoms with Gasteiger partial charge in [0.15, 0.2) is 11.9 Å². The third-order valence-electron chi connectivity index (χ3n) is 9.45. The molecule has 0 saturated carbocycles. The van der Waals surface area contributed by atoms with Crippen molar-refractivity contribution in [1.29, 1.82) is 0 Å². The van der Waals surface area contributed by atoms with Crippen LogP contribution in [0.3, 0.4) is 0 Å². The maximum atomic E-state index is 13.0. The molecule has 0 aromatic carbocycles. The zero-order valence-corrected chi connectivity index (χ0v) is 20.0. The average molecular weight is 471 g/mol. The van der Waals surface area contributed by atoms with Gasteiger partial charge in [0.2, 0.25) is 0 Å². The largest absolute Gasteiger partial charge is 0.472 e. The second kappa shape index (κ2) is 6.22. The molecule has 1 aliphatic carbocycles. The second-order valence-corrected chi connectivity index (χ2v) is 11.4. The highest BCUT2D eigenvalue weighted by Gasteiger charge is 2.85. The Labute approximate surface area is 197 Å². The molecule has 8 heteroatoms. The Kier molecular flexibility index (Phi) is 4.04. The van der Waals surface area contributed by atoms with Gasteiger partial charge in [-0.05, 0) is 39.7 Å². The SMILES string of the molecule is CC1(C)OC(=O)C=CC12CC(C1(C)C=CCC3(C)C(c4ccoc4)OC(=O)C4OC413)OC2(C)O. The molecule has 0 radical (unpaired) electrons. The fourth-order valence-corrected chi connectivity index (χ4v) is 7.52. The number of hydrogen-bond acceptors (Lipinski definition) is 8. The minimum Gasteiger partial charge on any atom is -0.472 e. The van der Waals surface area contributed by atoms with Crippen LogP contribution in [0, 0.1) is 16.2 Å². The Bertz CT molecular complexity index is 1130. The lowest BCUT2D eigenvalue weighted by atomic mass is 9.50. The highest BCUT2D eigenvalue weighted by Crippen LogP contribution is 2.74. The molecule has 0 bridgehead atoms. The van der Waals surface area contributed by atoms with Gasteiger partial charge in [-0.1, -0.05) is 32.1 Å². The first kappa shape index (κ1) is 22.1. The second-order valence-electron chi connectivity index (χ2n) is 11.4. The number of epoxide rings is 1. The summed E-state index contributed by atoms with van der Waals surface area (Å²) in [6.07, 6.45) is 9.60.